The lowest BCUT2D eigenvalue weighted by molar-refractivity contribution is -0.167. The molecule has 0 rings (SSSR count). The molecule has 1 atom stereocenters. The van der Waals surface area contributed by atoms with Crippen LogP contribution in [0.25, 0.3) is 0 Å². The van der Waals surface area contributed by atoms with E-state index in [0.717, 1.165) is 64.2 Å². The Labute approximate surface area is 354 Å². The number of allylic oxidation sites excluding steroid dienone is 2. The number of carbonyl (C=O) groups excluding carboxylic acids is 3. The number of hydrogen-bond acceptors (Lipinski definition) is 6. The molecule has 0 saturated carbocycles. The lowest BCUT2D eigenvalue weighted by Gasteiger charge is -2.18. The first-order chi connectivity index (χ1) is 28.0. The Morgan fingerprint density at radius 3 is 0.877 bits per heavy atom. The van der Waals surface area contributed by atoms with E-state index in [4.69, 9.17) is 14.2 Å². The fraction of sp³-hybridized carbons (Fsp3) is 0.902. The van der Waals surface area contributed by atoms with Crippen molar-refractivity contribution in [3.8, 4) is 0 Å². The van der Waals surface area contributed by atoms with Gasteiger partial charge in [0.05, 0.1) is 0 Å². The van der Waals surface area contributed by atoms with Gasteiger partial charge in [-0.3, -0.25) is 14.4 Å². The smallest absolute Gasteiger partial charge is 0.306 e. The molecule has 0 N–H and O–H groups in total. The molecule has 0 radical (unpaired) electrons. The van der Waals surface area contributed by atoms with Crippen LogP contribution < -0.4 is 0 Å². The highest BCUT2D eigenvalue weighted by Crippen LogP contribution is 2.16. The van der Waals surface area contributed by atoms with Gasteiger partial charge in [0, 0.05) is 19.3 Å². The SMILES string of the molecule is CCCCCCC/C=C\CCCCCCCC(=O)OC[C@@H](COC(=O)CCCCCCCCCCCCCC)OC(=O)CCCCCCCCCCCCCCC. The van der Waals surface area contributed by atoms with Gasteiger partial charge < -0.3 is 14.2 Å². The minimum atomic E-state index is -0.765. The molecular weight excluding hydrogens is 709 g/mol. The maximum atomic E-state index is 12.8. The number of unbranched alkanes of at least 4 members (excludes halogenated alkanes) is 33. The molecule has 6 heteroatoms. The number of rotatable bonds is 46. The van der Waals surface area contributed by atoms with Crippen molar-refractivity contribution >= 4 is 17.9 Å². The fourth-order valence-electron chi connectivity index (χ4n) is 7.44. The molecule has 0 aromatic carbocycles. The highest BCUT2D eigenvalue weighted by atomic mass is 16.6. The summed E-state index contributed by atoms with van der Waals surface area (Å²) < 4.78 is 16.8. The van der Waals surface area contributed by atoms with Crippen LogP contribution in [-0.4, -0.2) is 37.2 Å². The molecule has 0 aliphatic rings. The maximum absolute atomic E-state index is 12.8. The summed E-state index contributed by atoms with van der Waals surface area (Å²) >= 11 is 0. The van der Waals surface area contributed by atoms with E-state index in [9.17, 15) is 14.4 Å². The van der Waals surface area contributed by atoms with Crippen molar-refractivity contribution < 1.29 is 28.6 Å². The molecule has 0 aliphatic heterocycles. The minimum absolute atomic E-state index is 0.0674. The fourth-order valence-corrected chi connectivity index (χ4v) is 7.44. The number of hydrogen-bond donors (Lipinski definition) is 0. The molecule has 0 unspecified atom stereocenters. The molecule has 0 fully saturated rings. The monoisotopic (exact) mass is 805 g/mol. The van der Waals surface area contributed by atoms with Crippen molar-refractivity contribution in [2.75, 3.05) is 13.2 Å². The summed E-state index contributed by atoms with van der Waals surface area (Å²) in [6.07, 6.45) is 50.4. The average Bonchev–Trinajstić information content (AvgIpc) is 3.21. The lowest BCUT2D eigenvalue weighted by Crippen LogP contribution is -2.30. The zero-order valence-electron chi connectivity index (χ0n) is 38.4. The van der Waals surface area contributed by atoms with Crippen LogP contribution in [0.1, 0.15) is 278 Å². The maximum Gasteiger partial charge on any atom is 0.306 e. The van der Waals surface area contributed by atoms with Crippen molar-refractivity contribution in [3.05, 3.63) is 12.2 Å². The Balaban J connectivity index is 4.34. The van der Waals surface area contributed by atoms with E-state index in [2.05, 4.69) is 32.9 Å². The first kappa shape index (κ1) is 55.2. The zero-order valence-corrected chi connectivity index (χ0v) is 38.4. The summed E-state index contributed by atoms with van der Waals surface area (Å²) in [5, 5.41) is 0. The summed E-state index contributed by atoms with van der Waals surface area (Å²) in [5.41, 5.74) is 0. The molecular formula is C51H96O6. The van der Waals surface area contributed by atoms with Gasteiger partial charge in [-0.05, 0) is 44.9 Å². The summed E-state index contributed by atoms with van der Waals surface area (Å²) in [5.74, 6) is -0.862. The molecule has 0 bridgehead atoms. The molecule has 336 valence electrons. The van der Waals surface area contributed by atoms with Gasteiger partial charge in [-0.15, -0.1) is 0 Å². The van der Waals surface area contributed by atoms with Crippen molar-refractivity contribution in [2.24, 2.45) is 0 Å². The van der Waals surface area contributed by atoms with Gasteiger partial charge in [-0.25, -0.2) is 0 Å². The summed E-state index contributed by atoms with van der Waals surface area (Å²) in [7, 11) is 0. The third-order valence-corrected chi connectivity index (χ3v) is 11.3. The standard InChI is InChI=1S/C51H96O6/c1-4-7-10-13-16-19-22-25-27-29-32-35-38-41-44-50(53)56-47-48(46-55-49(52)43-40-37-34-31-28-24-21-18-15-12-9-6-3)57-51(54)45-42-39-36-33-30-26-23-20-17-14-11-8-5-2/h22,25,48H,4-21,23-24,26-47H2,1-3H3/b25-22-/t48-/m1/s1. The van der Waals surface area contributed by atoms with E-state index in [1.807, 2.05) is 0 Å². The third-order valence-electron chi connectivity index (χ3n) is 11.3. The van der Waals surface area contributed by atoms with Gasteiger partial charge in [-0.1, -0.05) is 226 Å². The Morgan fingerprint density at radius 1 is 0.333 bits per heavy atom. The van der Waals surface area contributed by atoms with E-state index < -0.39 is 6.10 Å². The number of carbonyl (C=O) groups is 3. The quantitative estimate of drug-likeness (QED) is 0.0264. The van der Waals surface area contributed by atoms with Crippen LogP contribution in [0, 0.1) is 0 Å². The third kappa shape index (κ3) is 45.1. The molecule has 0 aromatic heterocycles. The van der Waals surface area contributed by atoms with Crippen molar-refractivity contribution in [2.45, 2.75) is 284 Å². The number of esters is 3. The molecule has 6 nitrogen and oxygen atoms in total. The van der Waals surface area contributed by atoms with Gasteiger partial charge in [0.2, 0.25) is 0 Å². The molecule has 0 spiro atoms. The largest absolute Gasteiger partial charge is 0.462 e. The first-order valence-electron chi connectivity index (χ1n) is 25.2. The second kappa shape index (κ2) is 46.8. The zero-order chi connectivity index (χ0) is 41.5. The Morgan fingerprint density at radius 2 is 0.579 bits per heavy atom. The predicted molar refractivity (Wildman–Crippen MR) is 243 cm³/mol. The Kier molecular flexibility index (Phi) is 45.3. The van der Waals surface area contributed by atoms with Gasteiger partial charge in [0.15, 0.2) is 6.10 Å². The molecule has 0 saturated heterocycles. The Hall–Kier alpha value is -1.85. The highest BCUT2D eigenvalue weighted by molar-refractivity contribution is 5.71. The van der Waals surface area contributed by atoms with Crippen LogP contribution in [0.3, 0.4) is 0 Å². The van der Waals surface area contributed by atoms with E-state index in [1.54, 1.807) is 0 Å². The predicted octanol–water partition coefficient (Wildman–Crippen LogP) is 16.2. The van der Waals surface area contributed by atoms with E-state index in [1.165, 1.54) is 173 Å². The Bertz CT molecular complexity index is 885. The topological polar surface area (TPSA) is 78.9 Å². The molecule has 57 heavy (non-hydrogen) atoms. The highest BCUT2D eigenvalue weighted by Gasteiger charge is 2.19. The summed E-state index contributed by atoms with van der Waals surface area (Å²) in [6.45, 7) is 6.64. The van der Waals surface area contributed by atoms with Crippen LogP contribution in [0.4, 0.5) is 0 Å². The van der Waals surface area contributed by atoms with E-state index in [0.29, 0.717) is 19.3 Å². The van der Waals surface area contributed by atoms with Gasteiger partial charge in [0.1, 0.15) is 13.2 Å². The van der Waals surface area contributed by atoms with Crippen LogP contribution >= 0.6 is 0 Å². The second-order valence-electron chi connectivity index (χ2n) is 17.1. The van der Waals surface area contributed by atoms with Crippen molar-refractivity contribution in [1.29, 1.82) is 0 Å². The van der Waals surface area contributed by atoms with Gasteiger partial charge in [-0.2, -0.15) is 0 Å². The second-order valence-corrected chi connectivity index (χ2v) is 17.1. The summed E-state index contributed by atoms with van der Waals surface area (Å²) in [6, 6.07) is 0. The van der Waals surface area contributed by atoms with E-state index in [-0.39, 0.29) is 31.1 Å². The van der Waals surface area contributed by atoms with Crippen LogP contribution in [-0.2, 0) is 28.6 Å². The van der Waals surface area contributed by atoms with E-state index >= 15 is 0 Å². The normalized spacial score (nSPS) is 12.0. The van der Waals surface area contributed by atoms with Gasteiger partial charge >= 0.3 is 17.9 Å². The molecule has 0 amide bonds. The van der Waals surface area contributed by atoms with Gasteiger partial charge in [0.25, 0.3) is 0 Å². The van der Waals surface area contributed by atoms with Crippen LogP contribution in [0.15, 0.2) is 12.2 Å². The first-order valence-corrected chi connectivity index (χ1v) is 25.2. The van der Waals surface area contributed by atoms with Crippen molar-refractivity contribution in [1.82, 2.24) is 0 Å². The van der Waals surface area contributed by atoms with Crippen LogP contribution in [0.5, 0.6) is 0 Å². The number of ether oxygens (including phenoxy) is 3. The minimum Gasteiger partial charge on any atom is -0.462 e. The molecule has 0 aliphatic carbocycles. The van der Waals surface area contributed by atoms with Crippen molar-refractivity contribution in [3.63, 3.8) is 0 Å². The lowest BCUT2D eigenvalue weighted by atomic mass is 10.0. The molecule has 0 aromatic rings. The molecule has 0 heterocycles. The van der Waals surface area contributed by atoms with Crippen LogP contribution in [0.2, 0.25) is 0 Å². The average molecular weight is 805 g/mol. The summed E-state index contributed by atoms with van der Waals surface area (Å²) in [4.78, 5) is 37.9.